The maximum absolute atomic E-state index is 13.3. The summed E-state index contributed by atoms with van der Waals surface area (Å²) in [6, 6.07) is 16.5. The SMILES string of the molecule is CCC(NC(=O)c1nc(Cn2ccc(-c3ccc(F)cc3)c2)nc(C)c1OCc1ccccc1)C(=O)O. The third-order valence-corrected chi connectivity index (χ3v) is 5.79. The molecule has 0 aliphatic carbocycles. The number of hydrogen-bond donors (Lipinski definition) is 2. The van der Waals surface area contributed by atoms with Crippen LogP contribution in [-0.2, 0) is 17.9 Å². The van der Waals surface area contributed by atoms with Gasteiger partial charge < -0.3 is 19.7 Å². The summed E-state index contributed by atoms with van der Waals surface area (Å²) in [6.07, 6.45) is 3.94. The fraction of sp³-hybridized carbons (Fsp3) is 0.214. The Labute approximate surface area is 213 Å². The van der Waals surface area contributed by atoms with Gasteiger partial charge in [-0.1, -0.05) is 49.4 Å². The van der Waals surface area contributed by atoms with Gasteiger partial charge in [0.05, 0.1) is 12.2 Å². The Morgan fingerprint density at radius 1 is 1.05 bits per heavy atom. The van der Waals surface area contributed by atoms with Gasteiger partial charge in [0.1, 0.15) is 24.3 Å². The number of nitrogens with zero attached hydrogens (tertiary/aromatic N) is 3. The van der Waals surface area contributed by atoms with Crippen molar-refractivity contribution < 1.29 is 23.8 Å². The van der Waals surface area contributed by atoms with Crippen molar-refractivity contribution in [2.75, 3.05) is 0 Å². The minimum absolute atomic E-state index is 0.0240. The lowest BCUT2D eigenvalue weighted by Crippen LogP contribution is -2.41. The first kappa shape index (κ1) is 25.6. The van der Waals surface area contributed by atoms with Gasteiger partial charge in [0.25, 0.3) is 5.91 Å². The van der Waals surface area contributed by atoms with Crippen molar-refractivity contribution >= 4 is 11.9 Å². The standard InChI is InChI=1S/C28H27FN4O4/c1-3-23(28(35)36)31-27(34)25-26(37-17-19-7-5-4-6-8-19)18(2)30-24(32-25)16-33-14-13-21(15-33)20-9-11-22(29)12-10-20/h4-15,23H,3,16-17H2,1-2H3,(H,31,34)(H,35,36). The molecular weight excluding hydrogens is 475 g/mol. The molecule has 2 N–H and O–H groups in total. The summed E-state index contributed by atoms with van der Waals surface area (Å²) in [5.41, 5.74) is 3.09. The molecule has 4 rings (SSSR count). The Kier molecular flexibility index (Phi) is 7.92. The Morgan fingerprint density at radius 2 is 1.78 bits per heavy atom. The second-order valence-corrected chi connectivity index (χ2v) is 8.53. The lowest BCUT2D eigenvalue weighted by molar-refractivity contribution is -0.139. The van der Waals surface area contributed by atoms with Crippen LogP contribution >= 0.6 is 0 Å². The van der Waals surface area contributed by atoms with E-state index >= 15 is 0 Å². The van der Waals surface area contributed by atoms with Gasteiger partial charge in [-0.2, -0.15) is 0 Å². The molecule has 190 valence electrons. The van der Waals surface area contributed by atoms with E-state index in [0.717, 1.165) is 16.7 Å². The van der Waals surface area contributed by atoms with E-state index in [9.17, 15) is 19.1 Å². The molecular formula is C28H27FN4O4. The molecule has 0 radical (unpaired) electrons. The maximum atomic E-state index is 13.3. The van der Waals surface area contributed by atoms with Crippen LogP contribution in [0.1, 0.15) is 40.9 Å². The topological polar surface area (TPSA) is 106 Å². The van der Waals surface area contributed by atoms with Gasteiger partial charge in [-0.3, -0.25) is 4.79 Å². The van der Waals surface area contributed by atoms with Crippen molar-refractivity contribution in [3.05, 3.63) is 102 Å². The number of rotatable bonds is 10. The first-order chi connectivity index (χ1) is 17.8. The number of aliphatic carboxylic acids is 1. The van der Waals surface area contributed by atoms with Crippen molar-refractivity contribution in [3.63, 3.8) is 0 Å². The Bertz CT molecular complexity index is 1390. The van der Waals surface area contributed by atoms with E-state index in [4.69, 9.17) is 4.74 Å². The van der Waals surface area contributed by atoms with Gasteiger partial charge in [0.2, 0.25) is 0 Å². The zero-order valence-corrected chi connectivity index (χ0v) is 20.5. The largest absolute Gasteiger partial charge is 0.485 e. The van der Waals surface area contributed by atoms with Crippen LogP contribution in [0.4, 0.5) is 4.39 Å². The molecule has 0 aliphatic heterocycles. The molecule has 2 aromatic heterocycles. The van der Waals surface area contributed by atoms with Crippen LogP contribution in [0.5, 0.6) is 5.75 Å². The summed E-state index contributed by atoms with van der Waals surface area (Å²) in [4.78, 5) is 33.7. The van der Waals surface area contributed by atoms with Crippen molar-refractivity contribution in [3.8, 4) is 16.9 Å². The summed E-state index contributed by atoms with van der Waals surface area (Å²) >= 11 is 0. The van der Waals surface area contributed by atoms with Crippen LogP contribution in [0.2, 0.25) is 0 Å². The van der Waals surface area contributed by atoms with Crippen molar-refractivity contribution in [1.82, 2.24) is 19.9 Å². The van der Waals surface area contributed by atoms with Gasteiger partial charge in [0.15, 0.2) is 11.4 Å². The monoisotopic (exact) mass is 502 g/mol. The molecule has 0 fully saturated rings. The molecule has 8 nitrogen and oxygen atoms in total. The molecule has 1 amide bonds. The summed E-state index contributed by atoms with van der Waals surface area (Å²) in [5.74, 6) is -1.53. The van der Waals surface area contributed by atoms with Crippen molar-refractivity contribution in [1.29, 1.82) is 0 Å². The zero-order chi connectivity index (χ0) is 26.4. The molecule has 0 bridgehead atoms. The van der Waals surface area contributed by atoms with E-state index in [0.29, 0.717) is 11.5 Å². The number of amides is 1. The quantitative estimate of drug-likeness (QED) is 0.328. The normalized spacial score (nSPS) is 11.6. The minimum Gasteiger partial charge on any atom is -0.485 e. The number of benzene rings is 2. The highest BCUT2D eigenvalue weighted by molar-refractivity contribution is 5.97. The Morgan fingerprint density at radius 3 is 2.46 bits per heavy atom. The summed E-state index contributed by atoms with van der Waals surface area (Å²) in [7, 11) is 0. The van der Waals surface area contributed by atoms with Crippen LogP contribution in [0.25, 0.3) is 11.1 Å². The molecule has 1 atom stereocenters. The summed E-state index contributed by atoms with van der Waals surface area (Å²) < 4.78 is 21.1. The number of carbonyl (C=O) groups excluding carboxylic acids is 1. The lowest BCUT2D eigenvalue weighted by Gasteiger charge is -2.17. The number of hydrogen-bond acceptors (Lipinski definition) is 5. The first-order valence-corrected chi connectivity index (χ1v) is 11.8. The maximum Gasteiger partial charge on any atom is 0.326 e. The fourth-order valence-electron chi connectivity index (χ4n) is 3.83. The van der Waals surface area contributed by atoms with E-state index in [1.54, 1.807) is 26.0 Å². The summed E-state index contributed by atoms with van der Waals surface area (Å²) in [5, 5.41) is 11.9. The average Bonchev–Trinajstić information content (AvgIpc) is 3.35. The number of aromatic nitrogens is 3. The van der Waals surface area contributed by atoms with E-state index in [-0.39, 0.29) is 36.8 Å². The fourth-order valence-corrected chi connectivity index (χ4v) is 3.83. The Balaban J connectivity index is 1.62. The van der Waals surface area contributed by atoms with Crippen LogP contribution in [0, 0.1) is 12.7 Å². The van der Waals surface area contributed by atoms with Gasteiger partial charge in [0, 0.05) is 12.4 Å². The molecule has 37 heavy (non-hydrogen) atoms. The molecule has 2 heterocycles. The summed E-state index contributed by atoms with van der Waals surface area (Å²) in [6.45, 7) is 3.85. The van der Waals surface area contributed by atoms with Crippen LogP contribution in [0.15, 0.2) is 73.1 Å². The van der Waals surface area contributed by atoms with Gasteiger partial charge in [-0.05, 0) is 48.2 Å². The third-order valence-electron chi connectivity index (χ3n) is 5.79. The Hall–Kier alpha value is -4.53. The highest BCUT2D eigenvalue weighted by atomic mass is 19.1. The van der Waals surface area contributed by atoms with Crippen LogP contribution < -0.4 is 10.1 Å². The predicted molar refractivity (Wildman–Crippen MR) is 136 cm³/mol. The van der Waals surface area contributed by atoms with E-state index < -0.39 is 17.9 Å². The average molecular weight is 503 g/mol. The molecule has 4 aromatic rings. The number of carbonyl (C=O) groups is 2. The molecule has 1 unspecified atom stereocenters. The minimum atomic E-state index is -1.13. The first-order valence-electron chi connectivity index (χ1n) is 11.8. The third kappa shape index (κ3) is 6.38. The molecule has 0 aliphatic rings. The number of ether oxygens (including phenoxy) is 1. The molecule has 9 heteroatoms. The lowest BCUT2D eigenvalue weighted by atomic mass is 10.1. The zero-order valence-electron chi connectivity index (χ0n) is 20.5. The number of carboxylic acids is 1. The number of aryl methyl sites for hydroxylation is 1. The number of carboxylic acid groups (broad SMARTS) is 1. The van der Waals surface area contributed by atoms with Gasteiger partial charge >= 0.3 is 5.97 Å². The van der Waals surface area contributed by atoms with Gasteiger partial charge in [-0.15, -0.1) is 0 Å². The molecule has 0 spiro atoms. The van der Waals surface area contributed by atoms with E-state index in [1.165, 1.54) is 12.1 Å². The number of halogens is 1. The van der Waals surface area contributed by atoms with Gasteiger partial charge in [-0.25, -0.2) is 19.2 Å². The van der Waals surface area contributed by atoms with Crippen molar-refractivity contribution in [2.45, 2.75) is 39.5 Å². The second kappa shape index (κ2) is 11.5. The molecule has 0 saturated carbocycles. The van der Waals surface area contributed by atoms with Crippen LogP contribution in [-0.4, -0.2) is 37.6 Å². The van der Waals surface area contributed by atoms with Crippen LogP contribution in [0.3, 0.4) is 0 Å². The molecule has 2 aromatic carbocycles. The van der Waals surface area contributed by atoms with E-state index in [2.05, 4.69) is 15.3 Å². The van der Waals surface area contributed by atoms with E-state index in [1.807, 2.05) is 53.4 Å². The highest BCUT2D eigenvalue weighted by Gasteiger charge is 2.25. The molecule has 0 saturated heterocycles. The number of nitrogens with one attached hydrogen (secondary N) is 1. The highest BCUT2D eigenvalue weighted by Crippen LogP contribution is 2.24. The predicted octanol–water partition coefficient (Wildman–Crippen LogP) is 4.61. The smallest absolute Gasteiger partial charge is 0.326 e. The van der Waals surface area contributed by atoms with Crippen molar-refractivity contribution in [2.24, 2.45) is 0 Å². The second-order valence-electron chi connectivity index (χ2n) is 8.53.